The van der Waals surface area contributed by atoms with Crippen LogP contribution in [0.15, 0.2) is 36.7 Å². The number of ether oxygens (including phenoxy) is 1. The van der Waals surface area contributed by atoms with Crippen molar-refractivity contribution in [1.82, 2.24) is 15.3 Å². The number of aromatic nitrogens is 2. The van der Waals surface area contributed by atoms with Crippen LogP contribution in [0.2, 0.25) is 5.02 Å². The molecule has 0 unspecified atom stereocenters. The summed E-state index contributed by atoms with van der Waals surface area (Å²) >= 11 is 6.11. The Bertz CT molecular complexity index is 712. The minimum absolute atomic E-state index is 0.167. The molecule has 0 aliphatic carbocycles. The van der Waals surface area contributed by atoms with Crippen molar-refractivity contribution in [3.05, 3.63) is 58.6 Å². The van der Waals surface area contributed by atoms with Crippen molar-refractivity contribution in [1.29, 1.82) is 0 Å². The molecular weight excluding hydrogens is 326 g/mol. The fourth-order valence-corrected chi connectivity index (χ4v) is 3.21. The second kappa shape index (κ2) is 7.28. The molecule has 0 spiro atoms. The van der Waals surface area contributed by atoms with Gasteiger partial charge < -0.3 is 10.1 Å². The fraction of sp³-hybridized carbons (Fsp3) is 0.389. The molecule has 0 saturated carbocycles. The summed E-state index contributed by atoms with van der Waals surface area (Å²) in [6.07, 6.45) is 5.36. The van der Waals surface area contributed by atoms with Gasteiger partial charge in [0.25, 0.3) is 5.91 Å². The van der Waals surface area contributed by atoms with Gasteiger partial charge in [-0.1, -0.05) is 23.7 Å². The van der Waals surface area contributed by atoms with Crippen LogP contribution < -0.4 is 5.32 Å². The monoisotopic (exact) mass is 345 g/mol. The molecule has 3 rings (SSSR count). The highest BCUT2D eigenvalue weighted by Gasteiger charge is 2.35. The molecule has 2 heterocycles. The topological polar surface area (TPSA) is 64.1 Å². The van der Waals surface area contributed by atoms with Crippen LogP contribution >= 0.6 is 11.6 Å². The maximum atomic E-state index is 12.5. The molecule has 1 aliphatic rings. The van der Waals surface area contributed by atoms with Crippen LogP contribution in [0.4, 0.5) is 0 Å². The van der Waals surface area contributed by atoms with E-state index in [-0.39, 0.29) is 11.3 Å². The first-order valence-corrected chi connectivity index (χ1v) is 8.38. The summed E-state index contributed by atoms with van der Waals surface area (Å²) in [4.78, 5) is 21.1. The van der Waals surface area contributed by atoms with Gasteiger partial charge in [-0.15, -0.1) is 0 Å². The van der Waals surface area contributed by atoms with E-state index in [1.54, 1.807) is 18.2 Å². The Hall–Kier alpha value is -1.98. The minimum atomic E-state index is -0.205. The van der Waals surface area contributed by atoms with Crippen molar-refractivity contribution in [3.8, 4) is 0 Å². The molecule has 1 fully saturated rings. The van der Waals surface area contributed by atoms with Crippen molar-refractivity contribution >= 4 is 17.5 Å². The van der Waals surface area contributed by atoms with Gasteiger partial charge in [-0.05, 0) is 37.5 Å². The molecule has 1 amide bonds. The van der Waals surface area contributed by atoms with Gasteiger partial charge in [-0.3, -0.25) is 4.79 Å². The Balaban J connectivity index is 1.79. The summed E-state index contributed by atoms with van der Waals surface area (Å²) in [6.45, 7) is 3.69. The number of benzene rings is 1. The number of carbonyl (C=O) groups excluding carboxylic acids is 1. The van der Waals surface area contributed by atoms with E-state index in [2.05, 4.69) is 15.3 Å². The maximum absolute atomic E-state index is 12.5. The summed E-state index contributed by atoms with van der Waals surface area (Å²) in [6, 6.07) is 7.05. The molecule has 0 radical (unpaired) electrons. The van der Waals surface area contributed by atoms with E-state index in [4.69, 9.17) is 16.3 Å². The lowest BCUT2D eigenvalue weighted by molar-refractivity contribution is 0.0485. The fourth-order valence-electron chi connectivity index (χ4n) is 2.99. The molecule has 1 N–H and O–H groups in total. The van der Waals surface area contributed by atoms with E-state index in [1.165, 1.54) is 0 Å². The highest BCUT2D eigenvalue weighted by molar-refractivity contribution is 6.33. The first-order valence-electron chi connectivity index (χ1n) is 8.00. The zero-order valence-corrected chi connectivity index (χ0v) is 14.3. The number of halogens is 1. The van der Waals surface area contributed by atoms with E-state index in [1.807, 2.05) is 25.4 Å². The molecule has 5 nitrogen and oxygen atoms in total. The highest BCUT2D eigenvalue weighted by Crippen LogP contribution is 2.33. The van der Waals surface area contributed by atoms with Gasteiger partial charge in [0.15, 0.2) is 0 Å². The number of rotatable bonds is 4. The number of aryl methyl sites for hydroxylation is 1. The third kappa shape index (κ3) is 3.57. The third-order valence-electron chi connectivity index (χ3n) is 4.55. The lowest BCUT2D eigenvalue weighted by Crippen LogP contribution is -2.44. The molecule has 0 atom stereocenters. The second-order valence-corrected chi connectivity index (χ2v) is 6.48. The highest BCUT2D eigenvalue weighted by atomic mass is 35.5. The summed E-state index contributed by atoms with van der Waals surface area (Å²) < 4.78 is 5.51. The smallest absolute Gasteiger partial charge is 0.252 e. The SMILES string of the molecule is Cc1ncc(C2(CNC(=O)c3ccccc3Cl)CCOCC2)cn1. The van der Waals surface area contributed by atoms with Gasteiger partial charge in [-0.2, -0.15) is 0 Å². The molecule has 1 aliphatic heterocycles. The third-order valence-corrected chi connectivity index (χ3v) is 4.88. The molecule has 0 bridgehead atoms. The van der Waals surface area contributed by atoms with E-state index in [9.17, 15) is 4.79 Å². The lowest BCUT2D eigenvalue weighted by Gasteiger charge is -2.37. The van der Waals surface area contributed by atoms with E-state index in [0.29, 0.717) is 30.3 Å². The summed E-state index contributed by atoms with van der Waals surface area (Å²) in [5.41, 5.74) is 1.32. The Labute approximate surface area is 146 Å². The van der Waals surface area contributed by atoms with Crippen LogP contribution in [-0.2, 0) is 10.2 Å². The van der Waals surface area contributed by atoms with E-state index >= 15 is 0 Å². The van der Waals surface area contributed by atoms with Crippen LogP contribution in [0.5, 0.6) is 0 Å². The first kappa shape index (κ1) is 16.9. The van der Waals surface area contributed by atoms with Crippen LogP contribution in [0.3, 0.4) is 0 Å². The molecule has 126 valence electrons. The van der Waals surface area contributed by atoms with Gasteiger partial charge in [-0.25, -0.2) is 9.97 Å². The lowest BCUT2D eigenvalue weighted by atomic mass is 9.75. The van der Waals surface area contributed by atoms with Crippen molar-refractivity contribution in [2.75, 3.05) is 19.8 Å². The van der Waals surface area contributed by atoms with Crippen molar-refractivity contribution in [3.63, 3.8) is 0 Å². The van der Waals surface area contributed by atoms with Gasteiger partial charge in [0.05, 0.1) is 10.6 Å². The van der Waals surface area contributed by atoms with Gasteiger partial charge in [0.1, 0.15) is 5.82 Å². The van der Waals surface area contributed by atoms with Crippen LogP contribution in [0.1, 0.15) is 34.6 Å². The van der Waals surface area contributed by atoms with E-state index < -0.39 is 0 Å². The number of carbonyl (C=O) groups is 1. The maximum Gasteiger partial charge on any atom is 0.252 e. The normalized spacial score (nSPS) is 16.6. The first-order chi connectivity index (χ1) is 11.6. The predicted octanol–water partition coefficient (Wildman–Crippen LogP) is 2.92. The molecule has 2 aromatic rings. The summed E-state index contributed by atoms with van der Waals surface area (Å²) in [7, 11) is 0. The Morgan fingerprint density at radius 1 is 1.25 bits per heavy atom. The van der Waals surface area contributed by atoms with Crippen LogP contribution in [0.25, 0.3) is 0 Å². The Morgan fingerprint density at radius 3 is 2.58 bits per heavy atom. The zero-order valence-electron chi connectivity index (χ0n) is 13.6. The number of nitrogens with one attached hydrogen (secondary N) is 1. The average molecular weight is 346 g/mol. The molecule has 6 heteroatoms. The standard InChI is InChI=1S/C18H20ClN3O2/c1-13-20-10-14(11-21-13)18(6-8-24-9-7-18)12-22-17(23)15-4-2-3-5-16(15)19/h2-5,10-11H,6-9,12H2,1H3,(H,22,23). The van der Waals surface area contributed by atoms with Crippen molar-refractivity contribution in [2.24, 2.45) is 0 Å². The molecule has 1 aromatic carbocycles. The molecular formula is C18H20ClN3O2. The number of amides is 1. The second-order valence-electron chi connectivity index (χ2n) is 6.07. The van der Waals surface area contributed by atoms with Crippen molar-refractivity contribution < 1.29 is 9.53 Å². The summed E-state index contributed by atoms with van der Waals surface area (Å²) in [5, 5.41) is 3.48. The van der Waals surface area contributed by atoms with Crippen LogP contribution in [0, 0.1) is 6.92 Å². The van der Waals surface area contributed by atoms with Crippen LogP contribution in [-0.4, -0.2) is 35.6 Å². The number of hydrogen-bond donors (Lipinski definition) is 1. The zero-order chi connectivity index (χ0) is 17.0. The van der Waals surface area contributed by atoms with Crippen molar-refractivity contribution in [2.45, 2.75) is 25.2 Å². The largest absolute Gasteiger partial charge is 0.381 e. The van der Waals surface area contributed by atoms with Gasteiger partial charge in [0, 0.05) is 37.6 Å². The van der Waals surface area contributed by atoms with E-state index in [0.717, 1.165) is 24.2 Å². The number of hydrogen-bond acceptors (Lipinski definition) is 4. The average Bonchev–Trinajstić information content (AvgIpc) is 2.61. The van der Waals surface area contributed by atoms with Gasteiger partial charge in [0.2, 0.25) is 0 Å². The molecule has 1 aromatic heterocycles. The minimum Gasteiger partial charge on any atom is -0.381 e. The molecule has 24 heavy (non-hydrogen) atoms. The van der Waals surface area contributed by atoms with Gasteiger partial charge >= 0.3 is 0 Å². The number of nitrogens with zero attached hydrogens (tertiary/aromatic N) is 2. The Kier molecular flexibility index (Phi) is 5.11. The Morgan fingerprint density at radius 2 is 1.92 bits per heavy atom. The molecule has 1 saturated heterocycles. The predicted molar refractivity (Wildman–Crippen MR) is 92.3 cm³/mol. The quantitative estimate of drug-likeness (QED) is 0.925. The summed E-state index contributed by atoms with van der Waals surface area (Å²) in [5.74, 6) is 0.570.